The van der Waals surface area contributed by atoms with Crippen LogP contribution in [-0.4, -0.2) is 82.1 Å². The molecule has 0 amide bonds. The maximum Gasteiger partial charge on any atom is 0.490 e. The SMILES string of the molecule is Nc1nc2c(ncn2C2OC(COP(=O)(O)OP(=O)(O)OP(=O)(O)OCCCP)C(O)C2O)c(=O)[nH]1. The second-order valence-electron chi connectivity index (χ2n) is 7.16. The van der Waals surface area contributed by atoms with Gasteiger partial charge in [-0.25, -0.2) is 18.7 Å². The van der Waals surface area contributed by atoms with Gasteiger partial charge in [-0.05, 0) is 12.6 Å². The minimum absolute atomic E-state index is 0.100. The van der Waals surface area contributed by atoms with E-state index in [4.69, 9.17) is 10.5 Å². The summed E-state index contributed by atoms with van der Waals surface area (Å²) in [6, 6.07) is 0. The van der Waals surface area contributed by atoms with Crippen LogP contribution < -0.4 is 11.3 Å². The second kappa shape index (κ2) is 11.3. The van der Waals surface area contributed by atoms with Crippen molar-refractivity contribution >= 4 is 49.8 Å². The van der Waals surface area contributed by atoms with Crippen LogP contribution in [0.3, 0.4) is 0 Å². The molecule has 23 heteroatoms. The Kier molecular flexibility index (Phi) is 9.25. The average Bonchev–Trinajstić information content (AvgIpc) is 3.26. The van der Waals surface area contributed by atoms with Crippen LogP contribution in [0.25, 0.3) is 11.2 Å². The summed E-state index contributed by atoms with van der Waals surface area (Å²) in [5, 5.41) is 20.6. The number of aliphatic hydroxyl groups excluding tert-OH is 2. The number of H-pyrrole nitrogens is 1. The number of ether oxygens (including phenoxy) is 1. The topological polar surface area (TPSA) is 288 Å². The van der Waals surface area contributed by atoms with Crippen LogP contribution in [0.2, 0.25) is 0 Å². The van der Waals surface area contributed by atoms with Crippen molar-refractivity contribution in [2.24, 2.45) is 0 Å². The van der Waals surface area contributed by atoms with E-state index in [1.165, 1.54) is 0 Å². The number of hydrogen-bond acceptors (Lipinski definition) is 14. The Labute approximate surface area is 203 Å². The quantitative estimate of drug-likeness (QED) is 0.113. The van der Waals surface area contributed by atoms with Crippen LogP contribution >= 0.6 is 32.7 Å². The van der Waals surface area contributed by atoms with E-state index in [9.17, 15) is 43.4 Å². The molecule has 8 N–H and O–H groups in total. The molecule has 2 aromatic heterocycles. The highest BCUT2D eigenvalue weighted by molar-refractivity contribution is 7.66. The van der Waals surface area contributed by atoms with Crippen molar-refractivity contribution in [1.82, 2.24) is 19.5 Å². The molecule has 36 heavy (non-hydrogen) atoms. The molecular weight excluding hydrogens is 574 g/mol. The molecule has 1 saturated heterocycles. The molecule has 1 fully saturated rings. The molecule has 0 spiro atoms. The van der Waals surface area contributed by atoms with E-state index in [0.717, 1.165) is 10.9 Å². The third kappa shape index (κ3) is 7.25. The van der Waals surface area contributed by atoms with Crippen LogP contribution in [0.4, 0.5) is 5.95 Å². The number of nitrogens with two attached hydrogens (primary N) is 1. The molecule has 0 saturated carbocycles. The van der Waals surface area contributed by atoms with E-state index < -0.39 is 60.2 Å². The lowest BCUT2D eigenvalue weighted by molar-refractivity contribution is -0.0503. The molecule has 3 heterocycles. The molecule has 1 aliphatic rings. The minimum Gasteiger partial charge on any atom is -0.387 e. The molecule has 8 atom stereocenters. The molecule has 2 aromatic rings. The predicted molar refractivity (Wildman–Crippen MR) is 121 cm³/mol. The molecule has 204 valence electrons. The zero-order valence-corrected chi connectivity index (χ0v) is 21.8. The zero-order valence-electron chi connectivity index (χ0n) is 18.0. The van der Waals surface area contributed by atoms with E-state index >= 15 is 0 Å². The second-order valence-corrected chi connectivity index (χ2v) is 12.4. The fourth-order valence-electron chi connectivity index (χ4n) is 2.98. The van der Waals surface area contributed by atoms with Crippen molar-refractivity contribution in [3.8, 4) is 0 Å². The van der Waals surface area contributed by atoms with Crippen molar-refractivity contribution in [2.75, 3.05) is 25.1 Å². The number of hydrogen-bond donors (Lipinski definition) is 7. The van der Waals surface area contributed by atoms with Crippen LogP contribution in [0.1, 0.15) is 12.6 Å². The summed E-state index contributed by atoms with van der Waals surface area (Å²) in [5.41, 5.74) is 4.57. The van der Waals surface area contributed by atoms with E-state index in [1.54, 1.807) is 0 Å². The van der Waals surface area contributed by atoms with Crippen molar-refractivity contribution in [3.05, 3.63) is 16.7 Å². The van der Waals surface area contributed by atoms with Gasteiger partial charge in [-0.2, -0.15) is 13.6 Å². The van der Waals surface area contributed by atoms with Crippen molar-refractivity contribution < 1.29 is 61.0 Å². The first-order valence-corrected chi connectivity index (χ1v) is 15.1. The molecule has 1 aliphatic heterocycles. The number of aromatic amines is 1. The standard InChI is InChI=1S/C13H23N5O14P4/c14-13-16-10-7(11(21)17-13)15-5-18(10)12-9(20)8(19)6(30-12)4-29-35(24,25)32-36(26,27)31-34(22,23)28-2-1-3-33/h5-6,8-9,12,19-20H,1-4,33H2,(H,22,23)(H,24,25)(H,26,27)(H3,14,16,17,21). The lowest BCUT2D eigenvalue weighted by atomic mass is 10.1. The lowest BCUT2D eigenvalue weighted by Crippen LogP contribution is -2.33. The Bertz CT molecular complexity index is 1290. The van der Waals surface area contributed by atoms with Crippen LogP contribution in [0.15, 0.2) is 11.1 Å². The van der Waals surface area contributed by atoms with Crippen LogP contribution in [-0.2, 0) is 36.1 Å². The maximum absolute atomic E-state index is 12.1. The molecule has 0 bridgehead atoms. The Hall–Kier alpha value is -1.13. The zero-order chi connectivity index (χ0) is 26.9. The Morgan fingerprint density at radius 2 is 1.75 bits per heavy atom. The van der Waals surface area contributed by atoms with Crippen molar-refractivity contribution in [3.63, 3.8) is 0 Å². The van der Waals surface area contributed by atoms with Gasteiger partial charge in [0, 0.05) is 0 Å². The van der Waals surface area contributed by atoms with Gasteiger partial charge in [0.1, 0.15) is 18.3 Å². The number of imidazole rings is 1. The minimum atomic E-state index is -5.66. The summed E-state index contributed by atoms with van der Waals surface area (Å²) >= 11 is 0. The van der Waals surface area contributed by atoms with Gasteiger partial charge in [-0.1, -0.05) is 0 Å². The fraction of sp³-hybridized carbons (Fsp3) is 0.615. The van der Waals surface area contributed by atoms with E-state index in [0.29, 0.717) is 6.16 Å². The molecule has 19 nitrogen and oxygen atoms in total. The van der Waals surface area contributed by atoms with Gasteiger partial charge in [0.25, 0.3) is 5.56 Å². The molecule has 8 unspecified atom stereocenters. The first kappa shape index (κ1) is 29.4. The smallest absolute Gasteiger partial charge is 0.387 e. The molecule has 0 aliphatic carbocycles. The summed E-state index contributed by atoms with van der Waals surface area (Å²) in [4.78, 5) is 50.6. The number of nitrogens with zero attached hydrogens (tertiary/aromatic N) is 3. The summed E-state index contributed by atoms with van der Waals surface area (Å²) in [5.74, 6) is -0.265. The third-order valence-corrected chi connectivity index (χ3v) is 9.17. The first-order chi connectivity index (χ1) is 16.6. The highest BCUT2D eigenvalue weighted by atomic mass is 31.3. The summed E-state index contributed by atoms with van der Waals surface area (Å²) in [7, 11) is -13.9. The van der Waals surface area contributed by atoms with Crippen LogP contribution in [0, 0.1) is 0 Å². The molecular formula is C13H23N5O14P4. The number of anilines is 1. The molecule has 0 aromatic carbocycles. The number of phosphoric ester groups is 2. The first-order valence-electron chi connectivity index (χ1n) is 9.79. The van der Waals surface area contributed by atoms with Gasteiger partial charge < -0.3 is 35.4 Å². The maximum atomic E-state index is 12.1. The highest BCUT2D eigenvalue weighted by Gasteiger charge is 2.47. The largest absolute Gasteiger partial charge is 0.490 e. The van der Waals surface area contributed by atoms with Gasteiger partial charge >= 0.3 is 23.5 Å². The average molecular weight is 597 g/mol. The van der Waals surface area contributed by atoms with E-state index in [-0.39, 0.29) is 30.1 Å². The van der Waals surface area contributed by atoms with Crippen molar-refractivity contribution in [2.45, 2.75) is 31.0 Å². The number of nitrogen functional groups attached to an aromatic ring is 1. The number of aromatic nitrogens is 4. The van der Waals surface area contributed by atoms with Crippen molar-refractivity contribution in [1.29, 1.82) is 0 Å². The summed E-state index contributed by atoms with van der Waals surface area (Å²) in [6.07, 6.45) is -4.49. The number of rotatable bonds is 12. The highest BCUT2D eigenvalue weighted by Crippen LogP contribution is 2.67. The van der Waals surface area contributed by atoms with E-state index in [1.807, 2.05) is 0 Å². The number of fused-ring (bicyclic) bond motifs is 1. The van der Waals surface area contributed by atoms with Gasteiger partial charge in [0.05, 0.1) is 19.5 Å². The number of phosphoric acid groups is 3. The van der Waals surface area contributed by atoms with Crippen LogP contribution in [0.5, 0.6) is 0 Å². The molecule has 3 rings (SSSR count). The predicted octanol–water partition coefficient (Wildman–Crippen LogP) is -1.05. The van der Waals surface area contributed by atoms with Gasteiger partial charge in [0.15, 0.2) is 17.4 Å². The summed E-state index contributed by atoms with van der Waals surface area (Å²) < 4.78 is 59.0. The summed E-state index contributed by atoms with van der Waals surface area (Å²) in [6.45, 7) is -1.31. The normalized spacial score (nSPS) is 27.5. The third-order valence-electron chi connectivity index (χ3n) is 4.48. The number of aliphatic hydroxyl groups is 2. The Morgan fingerprint density at radius 1 is 1.11 bits per heavy atom. The Morgan fingerprint density at radius 3 is 2.39 bits per heavy atom. The van der Waals surface area contributed by atoms with Gasteiger partial charge in [0.2, 0.25) is 5.95 Å². The van der Waals surface area contributed by atoms with Gasteiger partial charge in [-0.3, -0.25) is 23.4 Å². The van der Waals surface area contributed by atoms with Gasteiger partial charge in [-0.15, -0.1) is 9.24 Å². The fourth-order valence-corrected chi connectivity index (χ4v) is 6.69. The monoisotopic (exact) mass is 597 g/mol. The number of nitrogens with one attached hydrogen (secondary N) is 1. The Balaban J connectivity index is 1.65. The lowest BCUT2D eigenvalue weighted by Gasteiger charge is -2.20. The van der Waals surface area contributed by atoms with E-state index in [2.05, 4.69) is 41.9 Å². The molecule has 0 radical (unpaired) electrons.